The molecule has 0 spiro atoms. The van der Waals surface area contributed by atoms with Gasteiger partial charge in [0.15, 0.2) is 0 Å². The predicted molar refractivity (Wildman–Crippen MR) is 67.6 cm³/mol. The first-order valence-corrected chi connectivity index (χ1v) is 6.13. The van der Waals surface area contributed by atoms with Crippen LogP contribution in [-0.4, -0.2) is 29.0 Å². The lowest BCUT2D eigenvalue weighted by Crippen LogP contribution is -2.37. The summed E-state index contributed by atoms with van der Waals surface area (Å²) in [4.78, 5) is 10.9. The Kier molecular flexibility index (Phi) is 3.89. The van der Waals surface area contributed by atoms with Crippen molar-refractivity contribution in [1.29, 1.82) is 0 Å². The zero-order valence-corrected chi connectivity index (χ0v) is 10.9. The number of aliphatic carboxylic acids is 1. The van der Waals surface area contributed by atoms with Crippen LogP contribution in [0.2, 0.25) is 0 Å². The maximum atomic E-state index is 13.8. The van der Waals surface area contributed by atoms with Crippen LogP contribution in [0.1, 0.15) is 13.3 Å². The zero-order chi connectivity index (χ0) is 15.8. The van der Waals surface area contributed by atoms with Gasteiger partial charge in [0.05, 0.1) is 18.2 Å². The highest BCUT2D eigenvalue weighted by atomic mass is 19.4. The lowest BCUT2D eigenvalue weighted by atomic mass is 9.94. The van der Waals surface area contributed by atoms with Crippen LogP contribution in [0.5, 0.6) is 0 Å². The van der Waals surface area contributed by atoms with Crippen LogP contribution in [0, 0.1) is 11.7 Å². The molecule has 0 bridgehead atoms. The van der Waals surface area contributed by atoms with E-state index in [1.54, 1.807) is 0 Å². The molecule has 0 saturated carbocycles. The van der Waals surface area contributed by atoms with Crippen molar-refractivity contribution in [3.8, 4) is 0 Å². The largest absolute Gasteiger partial charge is 0.481 e. The fraction of sp³-hybridized carbons (Fsp3) is 0.385. The minimum absolute atomic E-state index is 0.171. The van der Waals surface area contributed by atoms with E-state index in [0.29, 0.717) is 0 Å². The molecule has 2 rings (SSSR count). The second-order valence-corrected chi connectivity index (χ2v) is 4.73. The summed E-state index contributed by atoms with van der Waals surface area (Å²) in [7, 11) is 0. The summed E-state index contributed by atoms with van der Waals surface area (Å²) in [6.07, 6.45) is -5.26. The van der Waals surface area contributed by atoms with Gasteiger partial charge in [0.1, 0.15) is 11.5 Å². The van der Waals surface area contributed by atoms with Gasteiger partial charge in [-0.1, -0.05) is 19.1 Å². The minimum Gasteiger partial charge on any atom is -0.481 e. The molecule has 1 aliphatic rings. The number of hydrazone groups is 1. The van der Waals surface area contributed by atoms with Gasteiger partial charge in [0.25, 0.3) is 0 Å². The third kappa shape index (κ3) is 2.98. The molecule has 2 unspecified atom stereocenters. The number of para-hydroxylation sites is 1. The molecule has 1 N–H and O–H groups in total. The highest BCUT2D eigenvalue weighted by Crippen LogP contribution is 2.36. The van der Waals surface area contributed by atoms with E-state index in [2.05, 4.69) is 5.10 Å². The molecule has 0 aromatic heterocycles. The maximum Gasteiger partial charge on any atom is 0.431 e. The van der Waals surface area contributed by atoms with Gasteiger partial charge in [0, 0.05) is 5.92 Å². The van der Waals surface area contributed by atoms with Gasteiger partial charge in [0.2, 0.25) is 0 Å². The molecule has 1 aromatic carbocycles. The lowest BCUT2D eigenvalue weighted by molar-refractivity contribution is -0.137. The fourth-order valence-corrected chi connectivity index (χ4v) is 2.30. The molecule has 1 heterocycles. The highest BCUT2D eigenvalue weighted by Gasteiger charge is 2.49. The Labute approximate surface area is 117 Å². The number of hydrogen-bond donors (Lipinski definition) is 1. The van der Waals surface area contributed by atoms with Gasteiger partial charge in [-0.25, -0.2) is 4.39 Å². The van der Waals surface area contributed by atoms with Crippen LogP contribution in [0.4, 0.5) is 23.2 Å². The molecule has 0 saturated heterocycles. The van der Waals surface area contributed by atoms with Crippen molar-refractivity contribution in [1.82, 2.24) is 0 Å². The molecule has 0 radical (unpaired) electrons. The number of halogens is 4. The average Bonchev–Trinajstić information content (AvgIpc) is 2.67. The topological polar surface area (TPSA) is 52.9 Å². The van der Waals surface area contributed by atoms with Gasteiger partial charge in [-0.05, 0) is 12.1 Å². The van der Waals surface area contributed by atoms with Crippen molar-refractivity contribution in [2.75, 3.05) is 5.01 Å². The standard InChI is InChI=1S/C13H12F4N2O2/c1-7-10(6-11(20)21)19(18-12(7)13(15,16)17)9-5-3-2-4-8(9)14/h2-5,7,10H,6H2,1H3,(H,20,21). The van der Waals surface area contributed by atoms with E-state index in [1.807, 2.05) is 0 Å². The number of hydrogen-bond acceptors (Lipinski definition) is 3. The molecule has 114 valence electrons. The number of rotatable bonds is 3. The van der Waals surface area contributed by atoms with Crippen LogP contribution in [0.3, 0.4) is 0 Å². The number of carbonyl (C=O) groups is 1. The molecular formula is C13H12F4N2O2. The van der Waals surface area contributed by atoms with Crippen molar-refractivity contribution < 1.29 is 27.5 Å². The van der Waals surface area contributed by atoms with E-state index in [9.17, 15) is 22.4 Å². The number of alkyl halides is 3. The molecule has 4 nitrogen and oxygen atoms in total. The normalized spacial score (nSPS) is 22.3. The maximum absolute atomic E-state index is 13.8. The summed E-state index contributed by atoms with van der Waals surface area (Å²) in [5.74, 6) is -3.19. The van der Waals surface area contributed by atoms with E-state index >= 15 is 0 Å². The summed E-state index contributed by atoms with van der Waals surface area (Å²) in [5, 5.41) is 13.1. The summed E-state index contributed by atoms with van der Waals surface area (Å²) in [6.45, 7) is 1.24. The second-order valence-electron chi connectivity index (χ2n) is 4.73. The van der Waals surface area contributed by atoms with Gasteiger partial charge >= 0.3 is 12.1 Å². The Morgan fingerprint density at radius 2 is 2.00 bits per heavy atom. The van der Waals surface area contributed by atoms with Gasteiger partial charge < -0.3 is 5.11 Å². The second kappa shape index (κ2) is 5.34. The van der Waals surface area contributed by atoms with Crippen molar-refractivity contribution in [3.63, 3.8) is 0 Å². The molecule has 1 aliphatic heterocycles. The van der Waals surface area contributed by atoms with Crippen LogP contribution in [-0.2, 0) is 4.79 Å². The Balaban J connectivity index is 2.46. The molecule has 0 amide bonds. The van der Waals surface area contributed by atoms with Crippen molar-refractivity contribution in [2.24, 2.45) is 11.0 Å². The van der Waals surface area contributed by atoms with E-state index < -0.39 is 42.1 Å². The summed E-state index contributed by atoms with van der Waals surface area (Å²) in [6, 6.07) is 4.09. The number of benzene rings is 1. The number of anilines is 1. The van der Waals surface area contributed by atoms with Crippen molar-refractivity contribution in [2.45, 2.75) is 25.6 Å². The molecular weight excluding hydrogens is 292 g/mol. The third-order valence-electron chi connectivity index (χ3n) is 3.31. The van der Waals surface area contributed by atoms with Crippen molar-refractivity contribution >= 4 is 17.4 Å². The summed E-state index contributed by atoms with van der Waals surface area (Å²) >= 11 is 0. The smallest absolute Gasteiger partial charge is 0.431 e. The van der Waals surface area contributed by atoms with E-state index in [1.165, 1.54) is 25.1 Å². The molecule has 0 aliphatic carbocycles. The van der Waals surface area contributed by atoms with Gasteiger partial charge in [-0.2, -0.15) is 18.3 Å². The first kappa shape index (κ1) is 15.3. The Hall–Kier alpha value is -2.12. The van der Waals surface area contributed by atoms with Gasteiger partial charge in [-0.3, -0.25) is 9.80 Å². The minimum atomic E-state index is -4.68. The molecule has 0 fully saturated rings. The number of nitrogens with zero attached hydrogens (tertiary/aromatic N) is 2. The Morgan fingerprint density at radius 3 is 2.52 bits per heavy atom. The van der Waals surface area contributed by atoms with Crippen LogP contribution in [0.15, 0.2) is 29.4 Å². The first-order valence-electron chi connectivity index (χ1n) is 6.13. The Bertz CT molecular complexity index is 586. The quantitative estimate of drug-likeness (QED) is 0.873. The molecule has 1 aromatic rings. The molecule has 8 heteroatoms. The van der Waals surface area contributed by atoms with Crippen LogP contribution >= 0.6 is 0 Å². The zero-order valence-electron chi connectivity index (χ0n) is 10.9. The summed E-state index contributed by atoms with van der Waals surface area (Å²) < 4.78 is 52.5. The molecule has 2 atom stereocenters. The van der Waals surface area contributed by atoms with E-state index in [0.717, 1.165) is 11.1 Å². The summed E-state index contributed by atoms with van der Waals surface area (Å²) in [5.41, 5.74) is -1.27. The van der Waals surface area contributed by atoms with E-state index in [-0.39, 0.29) is 5.69 Å². The predicted octanol–water partition coefficient (Wildman–Crippen LogP) is 3.04. The third-order valence-corrected chi connectivity index (χ3v) is 3.31. The molecule has 21 heavy (non-hydrogen) atoms. The monoisotopic (exact) mass is 304 g/mol. The van der Waals surface area contributed by atoms with E-state index in [4.69, 9.17) is 5.11 Å². The van der Waals surface area contributed by atoms with Crippen LogP contribution in [0.25, 0.3) is 0 Å². The fourth-order valence-electron chi connectivity index (χ4n) is 2.30. The lowest BCUT2D eigenvalue weighted by Gasteiger charge is -2.25. The van der Waals surface area contributed by atoms with Gasteiger partial charge in [-0.15, -0.1) is 0 Å². The Morgan fingerprint density at radius 1 is 1.38 bits per heavy atom. The number of carboxylic acid groups (broad SMARTS) is 1. The van der Waals surface area contributed by atoms with Crippen molar-refractivity contribution in [3.05, 3.63) is 30.1 Å². The SMILES string of the molecule is CC1C(C(F)(F)F)=NN(c2ccccc2F)C1CC(=O)O. The average molecular weight is 304 g/mol. The highest BCUT2D eigenvalue weighted by molar-refractivity contribution is 5.95. The first-order chi connectivity index (χ1) is 9.71. The number of carboxylic acids is 1. The van der Waals surface area contributed by atoms with Crippen LogP contribution < -0.4 is 5.01 Å².